The van der Waals surface area contributed by atoms with Crippen molar-refractivity contribution in [1.29, 1.82) is 0 Å². The predicted molar refractivity (Wildman–Crippen MR) is 34.1 cm³/mol. The maximum absolute atomic E-state index is 9.81. The zero-order chi connectivity index (χ0) is 7.98. The second-order valence-electron chi connectivity index (χ2n) is 2.11. The van der Waals surface area contributed by atoms with Crippen LogP contribution in [0.4, 0.5) is 0 Å². The molecular formula is C6H12O4. The Balaban J connectivity index is 3.11. The third-order valence-electron chi connectivity index (χ3n) is 1.12. The van der Waals surface area contributed by atoms with Crippen molar-refractivity contribution < 1.29 is 20.1 Å². The molecule has 10 heavy (non-hydrogen) atoms. The molecule has 0 rings (SSSR count). The zero-order valence-electron chi connectivity index (χ0n) is 5.60. The minimum atomic E-state index is -1.33. The van der Waals surface area contributed by atoms with Crippen LogP contribution in [0, 0.1) is 0 Å². The van der Waals surface area contributed by atoms with E-state index in [-0.39, 0.29) is 6.42 Å². The van der Waals surface area contributed by atoms with E-state index in [4.69, 9.17) is 15.3 Å². The summed E-state index contributed by atoms with van der Waals surface area (Å²) < 4.78 is 0. The molecule has 3 N–H and O–H groups in total. The molecule has 1 atom stereocenters. The number of carbonyl (C=O) groups excluding carboxylic acids is 1. The Kier molecular flexibility index (Phi) is 5.10. The van der Waals surface area contributed by atoms with Gasteiger partial charge in [0.25, 0.3) is 0 Å². The summed E-state index contributed by atoms with van der Waals surface area (Å²) in [5.41, 5.74) is 0. The van der Waals surface area contributed by atoms with Crippen LogP contribution in [0.2, 0.25) is 0 Å². The van der Waals surface area contributed by atoms with Crippen molar-refractivity contribution in [3.63, 3.8) is 0 Å². The van der Waals surface area contributed by atoms with Gasteiger partial charge in [-0.15, -0.1) is 0 Å². The van der Waals surface area contributed by atoms with Crippen LogP contribution >= 0.6 is 0 Å². The number of aldehydes is 1. The standard InChI is InChI=1S/C6H12O4/c7-4-5(8)2-1-3-6(9)10/h4-6,8-10H,1-3H2. The Bertz CT molecular complexity index is 91.7. The molecule has 4 heteroatoms. The molecule has 60 valence electrons. The quantitative estimate of drug-likeness (QED) is 0.346. The van der Waals surface area contributed by atoms with E-state index in [0.717, 1.165) is 0 Å². The third kappa shape index (κ3) is 5.68. The van der Waals surface area contributed by atoms with Crippen LogP contribution in [-0.4, -0.2) is 34.0 Å². The van der Waals surface area contributed by atoms with Crippen molar-refractivity contribution in [2.75, 3.05) is 0 Å². The Morgan fingerprint density at radius 2 is 1.80 bits per heavy atom. The van der Waals surface area contributed by atoms with Gasteiger partial charge in [0.2, 0.25) is 0 Å². The normalized spacial score (nSPS) is 13.6. The van der Waals surface area contributed by atoms with Crippen LogP contribution in [-0.2, 0) is 4.79 Å². The summed E-state index contributed by atoms with van der Waals surface area (Å²) in [6, 6.07) is 0. The molecule has 0 amide bonds. The fraction of sp³-hybridized carbons (Fsp3) is 0.833. The lowest BCUT2D eigenvalue weighted by atomic mass is 10.2. The van der Waals surface area contributed by atoms with Crippen molar-refractivity contribution in [2.24, 2.45) is 0 Å². The van der Waals surface area contributed by atoms with Crippen LogP contribution < -0.4 is 0 Å². The van der Waals surface area contributed by atoms with Crippen LogP contribution in [0.1, 0.15) is 19.3 Å². The van der Waals surface area contributed by atoms with Crippen molar-refractivity contribution in [3.05, 3.63) is 0 Å². The van der Waals surface area contributed by atoms with Gasteiger partial charge in [-0.2, -0.15) is 0 Å². The summed E-state index contributed by atoms with van der Waals surface area (Å²) in [6.07, 6.45) is -0.925. The zero-order valence-corrected chi connectivity index (χ0v) is 5.60. The Morgan fingerprint density at radius 1 is 1.20 bits per heavy atom. The lowest BCUT2D eigenvalue weighted by molar-refractivity contribution is -0.115. The molecule has 1 unspecified atom stereocenters. The lowest BCUT2D eigenvalue weighted by Gasteiger charge is -2.03. The molecule has 0 aromatic rings. The maximum Gasteiger partial charge on any atom is 0.151 e. The molecule has 0 aromatic heterocycles. The predicted octanol–water partition coefficient (Wildman–Crippen LogP) is -0.973. The molecule has 0 saturated carbocycles. The van der Waals surface area contributed by atoms with Gasteiger partial charge in [-0.3, -0.25) is 0 Å². The highest BCUT2D eigenvalue weighted by molar-refractivity contribution is 5.55. The fourth-order valence-electron chi connectivity index (χ4n) is 0.578. The van der Waals surface area contributed by atoms with E-state index < -0.39 is 12.4 Å². The Hall–Kier alpha value is -0.450. The van der Waals surface area contributed by atoms with E-state index in [1.165, 1.54) is 0 Å². The molecule has 0 saturated heterocycles. The smallest absolute Gasteiger partial charge is 0.151 e. The molecule has 4 nitrogen and oxygen atoms in total. The summed E-state index contributed by atoms with van der Waals surface area (Å²) in [6.45, 7) is 0. The Labute approximate surface area is 59.1 Å². The topological polar surface area (TPSA) is 77.8 Å². The SMILES string of the molecule is O=CC(O)CCCC(O)O. The summed E-state index contributed by atoms with van der Waals surface area (Å²) in [4.78, 5) is 9.81. The van der Waals surface area contributed by atoms with Gasteiger partial charge in [-0.05, 0) is 19.3 Å². The second kappa shape index (κ2) is 5.34. The first-order valence-electron chi connectivity index (χ1n) is 3.16. The minimum Gasteiger partial charge on any atom is -0.386 e. The second-order valence-corrected chi connectivity index (χ2v) is 2.11. The van der Waals surface area contributed by atoms with E-state index >= 15 is 0 Å². The molecular weight excluding hydrogens is 136 g/mol. The maximum atomic E-state index is 9.81. The van der Waals surface area contributed by atoms with E-state index in [9.17, 15) is 4.79 Å². The first-order valence-corrected chi connectivity index (χ1v) is 3.16. The molecule has 0 aromatic carbocycles. The first kappa shape index (κ1) is 9.55. The molecule has 0 fully saturated rings. The van der Waals surface area contributed by atoms with Crippen LogP contribution in [0.25, 0.3) is 0 Å². The third-order valence-corrected chi connectivity index (χ3v) is 1.12. The number of aliphatic hydroxyl groups excluding tert-OH is 2. The molecule has 0 aliphatic carbocycles. The van der Waals surface area contributed by atoms with E-state index in [1.54, 1.807) is 0 Å². The number of carbonyl (C=O) groups is 1. The van der Waals surface area contributed by atoms with Crippen molar-refractivity contribution >= 4 is 6.29 Å². The van der Waals surface area contributed by atoms with E-state index in [0.29, 0.717) is 19.1 Å². The largest absolute Gasteiger partial charge is 0.386 e. The van der Waals surface area contributed by atoms with Gasteiger partial charge < -0.3 is 20.1 Å². The highest BCUT2D eigenvalue weighted by Gasteiger charge is 2.02. The number of hydrogen-bond acceptors (Lipinski definition) is 4. The Morgan fingerprint density at radius 3 is 2.20 bits per heavy atom. The molecule has 0 heterocycles. The van der Waals surface area contributed by atoms with Gasteiger partial charge in [-0.25, -0.2) is 0 Å². The van der Waals surface area contributed by atoms with Crippen molar-refractivity contribution in [2.45, 2.75) is 31.7 Å². The highest BCUT2D eigenvalue weighted by Crippen LogP contribution is 2.00. The van der Waals surface area contributed by atoms with Gasteiger partial charge in [0, 0.05) is 0 Å². The average Bonchev–Trinajstić information content (AvgIpc) is 1.87. The summed E-state index contributed by atoms with van der Waals surface area (Å²) >= 11 is 0. The first-order chi connectivity index (χ1) is 4.66. The highest BCUT2D eigenvalue weighted by atomic mass is 16.5. The van der Waals surface area contributed by atoms with Gasteiger partial charge in [-0.1, -0.05) is 0 Å². The van der Waals surface area contributed by atoms with Gasteiger partial charge in [0.05, 0.1) is 0 Å². The van der Waals surface area contributed by atoms with Gasteiger partial charge in [0.15, 0.2) is 6.29 Å². The van der Waals surface area contributed by atoms with E-state index in [2.05, 4.69) is 0 Å². The monoisotopic (exact) mass is 148 g/mol. The summed E-state index contributed by atoms with van der Waals surface area (Å²) in [5, 5.41) is 25.3. The van der Waals surface area contributed by atoms with Crippen molar-refractivity contribution in [1.82, 2.24) is 0 Å². The number of hydrogen-bond donors (Lipinski definition) is 3. The molecule has 0 radical (unpaired) electrons. The average molecular weight is 148 g/mol. The minimum absolute atomic E-state index is 0.199. The number of aliphatic hydroxyl groups is 3. The fourth-order valence-corrected chi connectivity index (χ4v) is 0.578. The molecule has 0 bridgehead atoms. The van der Waals surface area contributed by atoms with Crippen LogP contribution in [0.3, 0.4) is 0 Å². The van der Waals surface area contributed by atoms with Gasteiger partial charge >= 0.3 is 0 Å². The van der Waals surface area contributed by atoms with Crippen LogP contribution in [0.15, 0.2) is 0 Å². The summed E-state index contributed by atoms with van der Waals surface area (Å²) in [5.74, 6) is 0. The van der Waals surface area contributed by atoms with Crippen molar-refractivity contribution in [3.8, 4) is 0 Å². The van der Waals surface area contributed by atoms with Crippen LogP contribution in [0.5, 0.6) is 0 Å². The molecule has 0 aliphatic heterocycles. The molecule has 0 spiro atoms. The lowest BCUT2D eigenvalue weighted by Crippen LogP contribution is -2.10. The summed E-state index contributed by atoms with van der Waals surface area (Å²) in [7, 11) is 0. The van der Waals surface area contributed by atoms with E-state index in [1.807, 2.05) is 0 Å². The molecule has 0 aliphatic rings. The number of rotatable bonds is 5. The van der Waals surface area contributed by atoms with Gasteiger partial charge in [0.1, 0.15) is 12.4 Å².